The first-order valence-corrected chi connectivity index (χ1v) is 6.45. The summed E-state index contributed by atoms with van der Waals surface area (Å²) >= 11 is 0. The maximum Gasteiger partial charge on any atom is 0.255 e. The van der Waals surface area contributed by atoms with Gasteiger partial charge in [-0.1, -0.05) is 6.58 Å². The van der Waals surface area contributed by atoms with Gasteiger partial charge in [0.25, 0.3) is 5.91 Å². The van der Waals surface area contributed by atoms with E-state index in [2.05, 4.69) is 21.9 Å². The lowest BCUT2D eigenvalue weighted by atomic mass is 10.0. The van der Waals surface area contributed by atoms with Crippen LogP contribution in [0.3, 0.4) is 0 Å². The lowest BCUT2D eigenvalue weighted by molar-refractivity contribution is -0.122. The fraction of sp³-hybridized carbons (Fsp3) is 0.583. The van der Waals surface area contributed by atoms with Crippen LogP contribution in [0, 0.1) is 5.92 Å². The third-order valence-electron chi connectivity index (χ3n) is 4.13. The Balaban J connectivity index is 0.00000161. The fourth-order valence-corrected chi connectivity index (χ4v) is 3.03. The molecule has 5 atom stereocenters. The Morgan fingerprint density at radius 1 is 1.57 bits per heavy atom. The van der Waals surface area contributed by atoms with Gasteiger partial charge in [-0.15, -0.1) is 0 Å². The molecule has 0 aromatic rings. The standard InChI is InChI=1S/C12H17N5O3.H2O/c1-5-6(3-18)8(19)2-7(5)17-4-14-9-10(17)15-12(13)16-11(9)20;/h4,6-10,18-19H,1-3H2,(H3,13,15,16,20);1H2/t6-,7-,8-,9?,10?;/m0./s1. The largest absolute Gasteiger partial charge is 0.412 e. The van der Waals surface area contributed by atoms with Crippen molar-refractivity contribution in [2.75, 3.05) is 6.61 Å². The van der Waals surface area contributed by atoms with E-state index in [0.717, 1.165) is 5.57 Å². The third kappa shape index (κ3) is 2.28. The Labute approximate surface area is 121 Å². The first kappa shape index (κ1) is 15.4. The summed E-state index contributed by atoms with van der Waals surface area (Å²) in [6.45, 7) is 3.80. The van der Waals surface area contributed by atoms with Gasteiger partial charge in [0.05, 0.1) is 25.1 Å². The molecule has 9 heteroatoms. The lowest BCUT2D eigenvalue weighted by Crippen LogP contribution is -2.55. The zero-order valence-corrected chi connectivity index (χ0v) is 11.3. The molecule has 9 nitrogen and oxygen atoms in total. The maximum absolute atomic E-state index is 11.8. The van der Waals surface area contributed by atoms with Crippen LogP contribution < -0.4 is 11.1 Å². The number of nitrogens with two attached hydrogens (primary N) is 1. The number of hydrogen-bond acceptors (Lipinski definition) is 7. The Morgan fingerprint density at radius 2 is 2.29 bits per heavy atom. The van der Waals surface area contributed by atoms with E-state index < -0.39 is 18.3 Å². The van der Waals surface area contributed by atoms with Crippen LogP contribution >= 0.6 is 0 Å². The molecule has 1 saturated carbocycles. The fourth-order valence-electron chi connectivity index (χ4n) is 3.03. The molecular weight excluding hydrogens is 278 g/mol. The van der Waals surface area contributed by atoms with E-state index in [4.69, 9.17) is 5.73 Å². The van der Waals surface area contributed by atoms with Crippen LogP contribution in [0.4, 0.5) is 0 Å². The highest BCUT2D eigenvalue weighted by atomic mass is 16.3. The van der Waals surface area contributed by atoms with Crippen molar-refractivity contribution in [3.63, 3.8) is 0 Å². The summed E-state index contributed by atoms with van der Waals surface area (Å²) in [6.07, 6.45) is 0.828. The average molecular weight is 297 g/mol. The summed E-state index contributed by atoms with van der Waals surface area (Å²) in [5, 5.41) is 21.7. The summed E-state index contributed by atoms with van der Waals surface area (Å²) in [7, 11) is 0. The van der Waals surface area contributed by atoms with Gasteiger partial charge in [-0.05, 0) is 12.0 Å². The Kier molecular flexibility index (Phi) is 3.99. The van der Waals surface area contributed by atoms with E-state index in [1.807, 2.05) is 0 Å². The molecular formula is C12H19N5O4. The van der Waals surface area contributed by atoms with Crippen LogP contribution in [0.25, 0.3) is 0 Å². The van der Waals surface area contributed by atoms with Gasteiger partial charge in [0.2, 0.25) is 0 Å². The van der Waals surface area contributed by atoms with Crippen molar-refractivity contribution in [2.24, 2.45) is 21.6 Å². The third-order valence-corrected chi connectivity index (χ3v) is 4.13. The number of nitrogens with one attached hydrogen (secondary N) is 1. The topological polar surface area (TPSA) is 155 Å². The quantitative estimate of drug-likeness (QED) is 0.398. The van der Waals surface area contributed by atoms with Crippen LogP contribution in [-0.2, 0) is 4.79 Å². The number of carbonyl (C=O) groups is 1. The molecule has 21 heavy (non-hydrogen) atoms. The Hall–Kier alpha value is -1.97. The van der Waals surface area contributed by atoms with Gasteiger partial charge in [0.15, 0.2) is 18.2 Å². The number of rotatable bonds is 2. The van der Waals surface area contributed by atoms with E-state index in [9.17, 15) is 15.0 Å². The van der Waals surface area contributed by atoms with Crippen molar-refractivity contribution in [1.82, 2.24) is 10.2 Å². The minimum absolute atomic E-state index is 0. The number of guanidine groups is 1. The van der Waals surface area contributed by atoms with E-state index in [-0.39, 0.29) is 35.9 Å². The normalized spacial score (nSPS) is 37.9. The predicted octanol–water partition coefficient (Wildman–Crippen LogP) is -3.06. The summed E-state index contributed by atoms with van der Waals surface area (Å²) in [5.74, 6) is -0.579. The van der Waals surface area contributed by atoms with Gasteiger partial charge in [-0.2, -0.15) is 0 Å². The number of hydrogen-bond donors (Lipinski definition) is 4. The molecule has 0 aromatic heterocycles. The molecule has 7 N–H and O–H groups in total. The van der Waals surface area contributed by atoms with E-state index >= 15 is 0 Å². The number of fused-ring (bicyclic) bond motifs is 1. The number of nitrogens with zero attached hydrogens (tertiary/aromatic N) is 3. The van der Waals surface area contributed by atoms with Crippen molar-refractivity contribution >= 4 is 18.2 Å². The molecule has 0 bridgehead atoms. The van der Waals surface area contributed by atoms with Gasteiger partial charge in [-0.25, -0.2) is 4.99 Å². The Bertz CT molecular complexity index is 520. The second-order valence-corrected chi connectivity index (χ2v) is 5.26. The lowest BCUT2D eigenvalue weighted by Gasteiger charge is -2.32. The molecule has 1 fully saturated rings. The van der Waals surface area contributed by atoms with Gasteiger partial charge < -0.3 is 26.3 Å². The minimum Gasteiger partial charge on any atom is -0.412 e. The smallest absolute Gasteiger partial charge is 0.255 e. The molecule has 2 aliphatic heterocycles. The van der Waals surface area contributed by atoms with Crippen molar-refractivity contribution in [3.8, 4) is 0 Å². The molecule has 3 rings (SSSR count). The molecule has 0 radical (unpaired) electrons. The van der Waals surface area contributed by atoms with Crippen LogP contribution in [0.2, 0.25) is 0 Å². The summed E-state index contributed by atoms with van der Waals surface area (Å²) in [5.41, 5.74) is 6.31. The van der Waals surface area contributed by atoms with Crippen LogP contribution in [0.15, 0.2) is 22.1 Å². The molecule has 0 saturated heterocycles. The number of aliphatic imine (C=N–C) groups is 2. The molecule has 2 unspecified atom stereocenters. The summed E-state index contributed by atoms with van der Waals surface area (Å²) < 4.78 is 0. The van der Waals surface area contributed by atoms with Gasteiger partial charge in [0, 0.05) is 5.92 Å². The highest BCUT2D eigenvalue weighted by molar-refractivity contribution is 6.02. The van der Waals surface area contributed by atoms with Crippen LogP contribution in [0.1, 0.15) is 6.42 Å². The highest BCUT2D eigenvalue weighted by Gasteiger charge is 2.47. The maximum atomic E-state index is 11.8. The molecule has 116 valence electrons. The molecule has 0 spiro atoms. The zero-order chi connectivity index (χ0) is 14.4. The Morgan fingerprint density at radius 3 is 2.90 bits per heavy atom. The van der Waals surface area contributed by atoms with Gasteiger partial charge >= 0.3 is 0 Å². The van der Waals surface area contributed by atoms with Crippen molar-refractivity contribution in [2.45, 2.75) is 30.8 Å². The monoisotopic (exact) mass is 297 g/mol. The van der Waals surface area contributed by atoms with Crippen LogP contribution in [0.5, 0.6) is 0 Å². The number of carbonyl (C=O) groups excluding carboxylic acids is 1. The summed E-state index contributed by atoms with van der Waals surface area (Å²) in [6, 6.07) is -0.830. The van der Waals surface area contributed by atoms with Crippen molar-refractivity contribution in [3.05, 3.63) is 12.2 Å². The predicted molar refractivity (Wildman–Crippen MR) is 75.4 cm³/mol. The molecule has 0 aromatic carbocycles. The molecule has 2 heterocycles. The van der Waals surface area contributed by atoms with Crippen molar-refractivity contribution < 1.29 is 20.5 Å². The van der Waals surface area contributed by atoms with Gasteiger partial charge in [0.1, 0.15) is 0 Å². The second-order valence-electron chi connectivity index (χ2n) is 5.26. The summed E-state index contributed by atoms with van der Waals surface area (Å²) in [4.78, 5) is 21.9. The number of aliphatic hydroxyl groups excluding tert-OH is 2. The van der Waals surface area contributed by atoms with Gasteiger partial charge in [-0.3, -0.25) is 15.1 Å². The SMILES string of the molecule is C=C1[C@H](CO)[C@@H](O)C[C@@H]1N1C=NC2C(=O)NC(N)=NC21.O. The molecule has 3 aliphatic rings. The zero-order valence-electron chi connectivity index (χ0n) is 11.3. The average Bonchev–Trinajstić information content (AvgIpc) is 2.91. The van der Waals surface area contributed by atoms with Crippen LogP contribution in [-0.4, -0.2) is 69.8 Å². The number of amides is 1. The van der Waals surface area contributed by atoms with E-state index in [0.29, 0.717) is 6.42 Å². The highest BCUT2D eigenvalue weighted by Crippen LogP contribution is 2.36. The number of aliphatic hydroxyl groups is 2. The minimum atomic E-state index is -0.649. The van der Waals surface area contributed by atoms with Crippen molar-refractivity contribution in [1.29, 1.82) is 0 Å². The van der Waals surface area contributed by atoms with E-state index in [1.165, 1.54) is 0 Å². The molecule has 1 aliphatic carbocycles. The first-order chi connectivity index (χ1) is 9.52. The molecule has 1 amide bonds. The van der Waals surface area contributed by atoms with E-state index in [1.54, 1.807) is 11.2 Å². The first-order valence-electron chi connectivity index (χ1n) is 6.45. The second kappa shape index (κ2) is 5.43.